The number of thioether (sulfide) groups is 1. The smallest absolute Gasteiger partial charge is 0.315 e. The Hall–Kier alpha value is -1.27. The van der Waals surface area contributed by atoms with E-state index in [4.69, 9.17) is 0 Å². The van der Waals surface area contributed by atoms with E-state index in [1.807, 2.05) is 20.8 Å². The lowest BCUT2D eigenvalue weighted by molar-refractivity contribution is 0.0696. The van der Waals surface area contributed by atoms with Crippen molar-refractivity contribution >= 4 is 17.8 Å². The maximum Gasteiger partial charge on any atom is 0.315 e. The zero-order chi connectivity index (χ0) is 17.1. The van der Waals surface area contributed by atoms with Crippen molar-refractivity contribution in [2.45, 2.75) is 38.8 Å². The molecule has 23 heavy (non-hydrogen) atoms. The Morgan fingerprint density at radius 1 is 1.39 bits per heavy atom. The fraction of sp³-hybridized carbons (Fsp3) is 0.588. The highest BCUT2D eigenvalue weighted by Gasteiger charge is 2.33. The number of aliphatic hydroxyl groups is 1. The third-order valence-electron chi connectivity index (χ3n) is 4.01. The minimum absolute atomic E-state index is 0.227. The number of nitrogens with one attached hydrogen (secondary N) is 2. The normalized spacial score (nSPS) is 22.7. The maximum atomic E-state index is 13.1. The summed E-state index contributed by atoms with van der Waals surface area (Å²) >= 11 is 1.69. The molecule has 2 unspecified atom stereocenters. The summed E-state index contributed by atoms with van der Waals surface area (Å²) in [6.07, 6.45) is 0.693. The summed E-state index contributed by atoms with van der Waals surface area (Å²) in [7, 11) is 0. The van der Waals surface area contributed by atoms with Crippen molar-refractivity contribution in [3.05, 3.63) is 35.6 Å². The molecular formula is C17H25FN2O2S. The number of carbonyl (C=O) groups is 1. The highest BCUT2D eigenvalue weighted by atomic mass is 32.2. The molecule has 3 N–H and O–H groups in total. The van der Waals surface area contributed by atoms with Gasteiger partial charge in [0.1, 0.15) is 5.82 Å². The first-order valence-electron chi connectivity index (χ1n) is 7.80. The maximum absolute atomic E-state index is 13.1. The number of rotatable bonds is 4. The van der Waals surface area contributed by atoms with E-state index in [-0.39, 0.29) is 29.8 Å². The fourth-order valence-electron chi connectivity index (χ4n) is 2.62. The monoisotopic (exact) mass is 340 g/mol. The summed E-state index contributed by atoms with van der Waals surface area (Å²) in [5.74, 6) is 1.26. The molecule has 1 aliphatic heterocycles. The molecule has 1 heterocycles. The molecule has 1 saturated heterocycles. The molecule has 1 aliphatic rings. The van der Waals surface area contributed by atoms with E-state index in [2.05, 4.69) is 10.6 Å². The van der Waals surface area contributed by atoms with Crippen LogP contribution in [0, 0.1) is 11.2 Å². The minimum atomic E-state index is -0.810. The summed E-state index contributed by atoms with van der Waals surface area (Å²) < 4.78 is 13.1. The van der Waals surface area contributed by atoms with Crippen LogP contribution in [0.1, 0.15) is 38.8 Å². The van der Waals surface area contributed by atoms with Gasteiger partial charge >= 0.3 is 6.03 Å². The van der Waals surface area contributed by atoms with Crippen molar-refractivity contribution in [1.29, 1.82) is 0 Å². The van der Waals surface area contributed by atoms with Gasteiger partial charge in [0, 0.05) is 12.3 Å². The lowest BCUT2D eigenvalue weighted by Crippen LogP contribution is -2.48. The molecule has 0 radical (unpaired) electrons. The second kappa shape index (κ2) is 7.09. The van der Waals surface area contributed by atoms with E-state index in [0.29, 0.717) is 12.2 Å². The van der Waals surface area contributed by atoms with Crippen molar-refractivity contribution in [3.63, 3.8) is 0 Å². The van der Waals surface area contributed by atoms with Crippen LogP contribution in [0.2, 0.25) is 0 Å². The second-order valence-corrected chi connectivity index (χ2v) is 8.31. The molecular weight excluding hydrogens is 315 g/mol. The SMILES string of the molecule is CC(C)(C)C(NC(=O)NCC1(O)CCSC1)c1ccc(F)cc1. The van der Waals surface area contributed by atoms with Gasteiger partial charge in [-0.15, -0.1) is 0 Å². The van der Waals surface area contributed by atoms with Gasteiger partial charge in [-0.1, -0.05) is 32.9 Å². The van der Waals surface area contributed by atoms with Gasteiger partial charge in [0.05, 0.1) is 11.6 Å². The van der Waals surface area contributed by atoms with Gasteiger partial charge in [-0.3, -0.25) is 0 Å². The highest BCUT2D eigenvalue weighted by Crippen LogP contribution is 2.33. The molecule has 2 atom stereocenters. The van der Waals surface area contributed by atoms with Crippen molar-refractivity contribution in [1.82, 2.24) is 10.6 Å². The van der Waals surface area contributed by atoms with E-state index >= 15 is 0 Å². The van der Waals surface area contributed by atoms with Crippen LogP contribution in [-0.2, 0) is 0 Å². The molecule has 1 fully saturated rings. The predicted molar refractivity (Wildman–Crippen MR) is 92.0 cm³/mol. The van der Waals surface area contributed by atoms with E-state index in [9.17, 15) is 14.3 Å². The average Bonchev–Trinajstić information content (AvgIpc) is 2.90. The number of urea groups is 1. The van der Waals surface area contributed by atoms with E-state index < -0.39 is 5.60 Å². The molecule has 4 nitrogen and oxygen atoms in total. The first-order chi connectivity index (χ1) is 10.7. The van der Waals surface area contributed by atoms with Gasteiger partial charge in [0.2, 0.25) is 0 Å². The summed E-state index contributed by atoms with van der Waals surface area (Å²) in [6, 6.07) is 5.59. The van der Waals surface area contributed by atoms with Gasteiger partial charge in [0.25, 0.3) is 0 Å². The Morgan fingerprint density at radius 3 is 2.57 bits per heavy atom. The van der Waals surface area contributed by atoms with Crippen molar-refractivity contribution < 1.29 is 14.3 Å². The third-order valence-corrected chi connectivity index (χ3v) is 5.24. The summed E-state index contributed by atoms with van der Waals surface area (Å²) in [4.78, 5) is 12.2. The molecule has 128 valence electrons. The van der Waals surface area contributed by atoms with Crippen molar-refractivity contribution in [2.24, 2.45) is 5.41 Å². The van der Waals surface area contributed by atoms with E-state index in [1.165, 1.54) is 12.1 Å². The highest BCUT2D eigenvalue weighted by molar-refractivity contribution is 7.99. The minimum Gasteiger partial charge on any atom is -0.387 e. The van der Waals surface area contributed by atoms with Crippen LogP contribution < -0.4 is 10.6 Å². The van der Waals surface area contributed by atoms with Crippen LogP contribution in [0.4, 0.5) is 9.18 Å². The molecule has 0 bridgehead atoms. The lowest BCUT2D eigenvalue weighted by Gasteiger charge is -2.32. The van der Waals surface area contributed by atoms with Gasteiger partial charge in [-0.25, -0.2) is 9.18 Å². The Labute approximate surface area is 141 Å². The second-order valence-electron chi connectivity index (χ2n) is 7.20. The van der Waals surface area contributed by atoms with Crippen LogP contribution in [0.5, 0.6) is 0 Å². The number of hydrogen-bond donors (Lipinski definition) is 3. The van der Waals surface area contributed by atoms with Crippen LogP contribution in [-0.4, -0.2) is 34.8 Å². The quantitative estimate of drug-likeness (QED) is 0.789. The fourth-order valence-corrected chi connectivity index (χ4v) is 3.91. The molecule has 1 aromatic carbocycles. The van der Waals surface area contributed by atoms with Crippen LogP contribution in [0.15, 0.2) is 24.3 Å². The molecule has 2 amide bonds. The Morgan fingerprint density at radius 2 is 2.04 bits per heavy atom. The topological polar surface area (TPSA) is 61.4 Å². The Balaban J connectivity index is 2.00. The van der Waals surface area contributed by atoms with E-state index in [0.717, 1.165) is 11.3 Å². The molecule has 0 aromatic heterocycles. The number of benzene rings is 1. The Kier molecular flexibility index (Phi) is 5.57. The number of hydrogen-bond acceptors (Lipinski definition) is 3. The number of carbonyl (C=O) groups excluding carboxylic acids is 1. The van der Waals surface area contributed by atoms with Gasteiger partial charge in [-0.05, 0) is 35.3 Å². The first kappa shape index (κ1) is 18.1. The molecule has 0 aliphatic carbocycles. The van der Waals surface area contributed by atoms with Gasteiger partial charge in [-0.2, -0.15) is 11.8 Å². The standard InChI is InChI=1S/C17H25FN2O2S/c1-16(2,3)14(12-4-6-13(18)7-5-12)20-15(21)19-10-17(22)8-9-23-11-17/h4-7,14,22H,8-11H2,1-3H3,(H2,19,20,21). The van der Waals surface area contributed by atoms with Crippen LogP contribution in [0.25, 0.3) is 0 Å². The summed E-state index contributed by atoms with van der Waals surface area (Å²) in [5.41, 5.74) is -0.186. The van der Waals surface area contributed by atoms with E-state index in [1.54, 1.807) is 23.9 Å². The van der Waals surface area contributed by atoms with Crippen molar-refractivity contribution in [3.8, 4) is 0 Å². The molecule has 1 aromatic rings. The molecule has 6 heteroatoms. The Bertz CT molecular complexity index is 537. The van der Waals surface area contributed by atoms with Crippen molar-refractivity contribution in [2.75, 3.05) is 18.1 Å². The van der Waals surface area contributed by atoms with Gasteiger partial charge in [0.15, 0.2) is 0 Å². The zero-order valence-electron chi connectivity index (χ0n) is 13.9. The molecule has 2 rings (SSSR count). The lowest BCUT2D eigenvalue weighted by atomic mass is 9.82. The third kappa shape index (κ3) is 5.11. The number of amides is 2. The van der Waals surface area contributed by atoms with Crippen LogP contribution >= 0.6 is 11.8 Å². The predicted octanol–water partition coefficient (Wildman–Crippen LogP) is 3.08. The number of halogens is 1. The van der Waals surface area contributed by atoms with Gasteiger partial charge < -0.3 is 15.7 Å². The first-order valence-corrected chi connectivity index (χ1v) is 8.95. The molecule has 0 spiro atoms. The largest absolute Gasteiger partial charge is 0.387 e. The molecule has 0 saturated carbocycles. The summed E-state index contributed by atoms with van der Waals surface area (Å²) in [6.45, 7) is 6.29. The van der Waals surface area contributed by atoms with Crippen LogP contribution in [0.3, 0.4) is 0 Å². The summed E-state index contributed by atoms with van der Waals surface area (Å²) in [5, 5.41) is 16.0. The average molecular weight is 340 g/mol. The zero-order valence-corrected chi connectivity index (χ0v) is 14.7.